The molecule has 2 heterocycles. The van der Waals surface area contributed by atoms with Crippen LogP contribution in [0.1, 0.15) is 58.7 Å². The van der Waals surface area contributed by atoms with Gasteiger partial charge in [-0.3, -0.25) is 4.79 Å². The summed E-state index contributed by atoms with van der Waals surface area (Å²) in [5.74, 6) is 1.88. The monoisotopic (exact) mass is 411 g/mol. The molecule has 0 saturated carbocycles. The van der Waals surface area contributed by atoms with Gasteiger partial charge in [0.05, 0.1) is 5.69 Å². The van der Waals surface area contributed by atoms with Crippen LogP contribution in [0, 0.1) is 11.8 Å². The molecule has 5 heteroatoms. The molecule has 1 amide bonds. The first-order chi connectivity index (χ1) is 14.3. The second kappa shape index (κ2) is 9.78. The van der Waals surface area contributed by atoms with Crippen molar-refractivity contribution < 1.29 is 9.32 Å². The van der Waals surface area contributed by atoms with E-state index in [2.05, 4.69) is 61.6 Å². The standard InChI is InChI=1S/C25H37N3O2/c1-6-28(7-2)24(29)15-19-12-13-26-17-20(19)14-22-16-23(30-27-22)18-8-10-21(11-9-18)25(3,4)5/h8-11,16,19-20,26H,6-7,12-15,17H2,1-5H3/t19-,20-/m0/s1. The molecule has 1 aliphatic rings. The zero-order valence-electron chi connectivity index (χ0n) is 19.2. The van der Waals surface area contributed by atoms with Crippen LogP contribution >= 0.6 is 0 Å². The highest BCUT2D eigenvalue weighted by molar-refractivity contribution is 5.76. The zero-order chi connectivity index (χ0) is 21.7. The Morgan fingerprint density at radius 1 is 1.17 bits per heavy atom. The topological polar surface area (TPSA) is 58.4 Å². The van der Waals surface area contributed by atoms with E-state index in [1.54, 1.807) is 0 Å². The van der Waals surface area contributed by atoms with Gasteiger partial charge >= 0.3 is 0 Å². The lowest BCUT2D eigenvalue weighted by Gasteiger charge is -2.32. The third-order valence-corrected chi connectivity index (χ3v) is 6.38. The number of carbonyl (C=O) groups is 1. The molecule has 1 aromatic carbocycles. The molecule has 0 spiro atoms. The third-order valence-electron chi connectivity index (χ3n) is 6.38. The number of aromatic nitrogens is 1. The Hall–Kier alpha value is -2.14. The zero-order valence-corrected chi connectivity index (χ0v) is 19.2. The molecule has 0 radical (unpaired) electrons. The molecular weight excluding hydrogens is 374 g/mol. The molecular formula is C25H37N3O2. The maximum Gasteiger partial charge on any atom is 0.222 e. The first-order valence-corrected chi connectivity index (χ1v) is 11.4. The van der Waals surface area contributed by atoms with Gasteiger partial charge in [-0.1, -0.05) is 50.2 Å². The summed E-state index contributed by atoms with van der Waals surface area (Å²) < 4.78 is 5.66. The van der Waals surface area contributed by atoms with Crippen LogP contribution in [-0.4, -0.2) is 42.1 Å². The van der Waals surface area contributed by atoms with Crippen molar-refractivity contribution in [2.24, 2.45) is 11.8 Å². The lowest BCUT2D eigenvalue weighted by atomic mass is 9.81. The second-order valence-corrected chi connectivity index (χ2v) is 9.50. The van der Waals surface area contributed by atoms with Gasteiger partial charge < -0.3 is 14.7 Å². The normalized spacial score (nSPS) is 19.6. The average Bonchev–Trinajstić information content (AvgIpc) is 3.18. The summed E-state index contributed by atoms with van der Waals surface area (Å²) in [5, 5.41) is 7.83. The Morgan fingerprint density at radius 3 is 2.50 bits per heavy atom. The van der Waals surface area contributed by atoms with Gasteiger partial charge in [-0.05, 0) is 62.6 Å². The number of nitrogens with one attached hydrogen (secondary N) is 1. The number of amides is 1. The third kappa shape index (κ3) is 5.51. The van der Waals surface area contributed by atoms with Crippen LogP contribution in [0.3, 0.4) is 0 Å². The molecule has 1 N–H and O–H groups in total. The first-order valence-electron chi connectivity index (χ1n) is 11.4. The minimum atomic E-state index is 0.136. The fraction of sp³-hybridized carbons (Fsp3) is 0.600. The second-order valence-electron chi connectivity index (χ2n) is 9.50. The maximum absolute atomic E-state index is 12.6. The minimum absolute atomic E-state index is 0.136. The largest absolute Gasteiger partial charge is 0.356 e. The SMILES string of the molecule is CCN(CC)C(=O)C[C@@H]1CCNC[C@@H]1Cc1cc(-c2ccc(C(C)(C)C)cc2)on1. The van der Waals surface area contributed by atoms with Crippen molar-refractivity contribution in [3.63, 3.8) is 0 Å². The highest BCUT2D eigenvalue weighted by Crippen LogP contribution is 2.30. The van der Waals surface area contributed by atoms with Crippen LogP contribution in [-0.2, 0) is 16.6 Å². The molecule has 1 fully saturated rings. The van der Waals surface area contributed by atoms with E-state index >= 15 is 0 Å². The first kappa shape index (κ1) is 22.5. The summed E-state index contributed by atoms with van der Waals surface area (Å²) in [6.45, 7) is 14.2. The molecule has 1 aliphatic heterocycles. The van der Waals surface area contributed by atoms with Gasteiger partial charge in [0.2, 0.25) is 5.91 Å². The molecule has 0 aliphatic carbocycles. The van der Waals surface area contributed by atoms with Crippen molar-refractivity contribution in [2.75, 3.05) is 26.2 Å². The summed E-state index contributed by atoms with van der Waals surface area (Å²) in [5.41, 5.74) is 3.46. The predicted octanol–water partition coefficient (Wildman–Crippen LogP) is 4.67. The van der Waals surface area contributed by atoms with Crippen LogP contribution in [0.5, 0.6) is 0 Å². The van der Waals surface area contributed by atoms with Crippen molar-refractivity contribution >= 4 is 5.91 Å². The molecule has 2 aromatic rings. The van der Waals surface area contributed by atoms with Crippen molar-refractivity contribution in [2.45, 2.75) is 59.3 Å². The summed E-state index contributed by atoms with van der Waals surface area (Å²) in [6, 6.07) is 10.6. The van der Waals surface area contributed by atoms with Gasteiger partial charge in [0.15, 0.2) is 5.76 Å². The van der Waals surface area contributed by atoms with Crippen LogP contribution in [0.25, 0.3) is 11.3 Å². The number of rotatable bonds is 7. The van der Waals surface area contributed by atoms with Gasteiger partial charge in [-0.2, -0.15) is 0 Å². The molecule has 30 heavy (non-hydrogen) atoms. The fourth-order valence-corrected chi connectivity index (χ4v) is 4.36. The molecule has 1 aromatic heterocycles. The van der Waals surface area contributed by atoms with Gasteiger partial charge in [-0.25, -0.2) is 0 Å². The van der Waals surface area contributed by atoms with Gasteiger partial charge in [0, 0.05) is 31.1 Å². The summed E-state index contributed by atoms with van der Waals surface area (Å²) in [6.07, 6.45) is 2.51. The smallest absolute Gasteiger partial charge is 0.222 e. The number of benzene rings is 1. The minimum Gasteiger partial charge on any atom is -0.356 e. The van der Waals surface area contributed by atoms with E-state index in [1.165, 1.54) is 5.56 Å². The van der Waals surface area contributed by atoms with Crippen molar-refractivity contribution in [1.82, 2.24) is 15.4 Å². The van der Waals surface area contributed by atoms with Crippen molar-refractivity contribution in [3.8, 4) is 11.3 Å². The molecule has 3 rings (SSSR count). The summed E-state index contributed by atoms with van der Waals surface area (Å²) >= 11 is 0. The Morgan fingerprint density at radius 2 is 1.87 bits per heavy atom. The van der Waals surface area contributed by atoms with E-state index in [0.717, 1.165) is 56.0 Å². The maximum atomic E-state index is 12.6. The molecule has 164 valence electrons. The highest BCUT2D eigenvalue weighted by atomic mass is 16.5. The van der Waals surface area contributed by atoms with Crippen LogP contribution in [0.2, 0.25) is 0 Å². The van der Waals surface area contributed by atoms with E-state index in [1.807, 2.05) is 18.7 Å². The van der Waals surface area contributed by atoms with Gasteiger partial charge in [0.1, 0.15) is 0 Å². The Bertz CT molecular complexity index is 816. The number of carbonyl (C=O) groups excluding carboxylic acids is 1. The molecule has 0 unspecified atom stereocenters. The number of hydrogen-bond acceptors (Lipinski definition) is 4. The number of piperidine rings is 1. The average molecular weight is 412 g/mol. The lowest BCUT2D eigenvalue weighted by Crippen LogP contribution is -2.41. The molecule has 2 atom stereocenters. The summed E-state index contributed by atoms with van der Waals surface area (Å²) in [7, 11) is 0. The lowest BCUT2D eigenvalue weighted by molar-refractivity contribution is -0.132. The molecule has 0 bridgehead atoms. The Kier molecular flexibility index (Phi) is 7.35. The van der Waals surface area contributed by atoms with E-state index in [0.29, 0.717) is 18.3 Å². The van der Waals surface area contributed by atoms with E-state index < -0.39 is 0 Å². The molecule has 1 saturated heterocycles. The van der Waals surface area contributed by atoms with Crippen LogP contribution in [0.4, 0.5) is 0 Å². The Balaban J connectivity index is 1.67. The van der Waals surface area contributed by atoms with E-state index in [9.17, 15) is 4.79 Å². The van der Waals surface area contributed by atoms with E-state index in [4.69, 9.17) is 4.52 Å². The fourth-order valence-electron chi connectivity index (χ4n) is 4.36. The summed E-state index contributed by atoms with van der Waals surface area (Å²) in [4.78, 5) is 14.6. The van der Waals surface area contributed by atoms with Gasteiger partial charge in [0.25, 0.3) is 0 Å². The van der Waals surface area contributed by atoms with Crippen LogP contribution in [0.15, 0.2) is 34.9 Å². The molecule has 5 nitrogen and oxygen atoms in total. The predicted molar refractivity (Wildman–Crippen MR) is 121 cm³/mol. The quantitative estimate of drug-likeness (QED) is 0.719. The van der Waals surface area contributed by atoms with Crippen molar-refractivity contribution in [1.29, 1.82) is 0 Å². The van der Waals surface area contributed by atoms with Gasteiger partial charge in [-0.15, -0.1) is 0 Å². The highest BCUT2D eigenvalue weighted by Gasteiger charge is 2.29. The van der Waals surface area contributed by atoms with Crippen LogP contribution < -0.4 is 5.32 Å². The van der Waals surface area contributed by atoms with E-state index in [-0.39, 0.29) is 11.3 Å². The Labute approximate surface area is 181 Å². The number of hydrogen-bond donors (Lipinski definition) is 1. The van der Waals surface area contributed by atoms with Crippen molar-refractivity contribution in [3.05, 3.63) is 41.6 Å². The number of nitrogens with zero attached hydrogens (tertiary/aromatic N) is 2.